The quantitative estimate of drug-likeness (QED) is 0.604. The lowest BCUT2D eigenvalue weighted by Gasteiger charge is -2.35. The normalized spacial score (nSPS) is 17.8. The summed E-state index contributed by atoms with van der Waals surface area (Å²) >= 11 is 3.53. The van der Waals surface area contributed by atoms with Gasteiger partial charge in [0.1, 0.15) is 11.6 Å². The third-order valence-corrected chi connectivity index (χ3v) is 4.88. The summed E-state index contributed by atoms with van der Waals surface area (Å²) in [5.74, 6) is -0.200. The number of rotatable bonds is 5. The standard InChI is InChI=1S/C15H18BrFO3/c1-11(18)13-3-2-12(17)8-14(13)20-10-15(9-16)4-6-19-7-5-15/h2-3,8H,4-7,9-10H2,1H3. The molecule has 2 rings (SSSR count). The molecule has 0 spiro atoms. The molecule has 1 aromatic carbocycles. The summed E-state index contributed by atoms with van der Waals surface area (Å²) in [5.41, 5.74) is 0.404. The van der Waals surface area contributed by atoms with Crippen molar-refractivity contribution in [2.24, 2.45) is 5.41 Å². The fourth-order valence-corrected chi connectivity index (χ4v) is 2.98. The van der Waals surface area contributed by atoms with E-state index in [1.165, 1.54) is 25.1 Å². The molecule has 0 atom stereocenters. The van der Waals surface area contributed by atoms with Crippen LogP contribution in [-0.2, 0) is 4.74 Å². The van der Waals surface area contributed by atoms with E-state index >= 15 is 0 Å². The number of carbonyl (C=O) groups excluding carboxylic acids is 1. The maximum absolute atomic E-state index is 13.3. The van der Waals surface area contributed by atoms with Crippen LogP contribution in [0.5, 0.6) is 5.75 Å². The van der Waals surface area contributed by atoms with E-state index in [4.69, 9.17) is 9.47 Å². The van der Waals surface area contributed by atoms with Crippen molar-refractivity contribution in [3.8, 4) is 5.75 Å². The lowest BCUT2D eigenvalue weighted by molar-refractivity contribution is 0.00335. The summed E-state index contributed by atoms with van der Waals surface area (Å²) in [5, 5.41) is 0.800. The summed E-state index contributed by atoms with van der Waals surface area (Å²) in [6, 6.07) is 4.02. The van der Waals surface area contributed by atoms with Crippen LogP contribution < -0.4 is 4.74 Å². The van der Waals surface area contributed by atoms with E-state index in [1.54, 1.807) is 0 Å². The van der Waals surface area contributed by atoms with E-state index in [0.29, 0.717) is 31.1 Å². The molecular formula is C15H18BrFO3. The van der Waals surface area contributed by atoms with Crippen LogP contribution in [0.4, 0.5) is 4.39 Å². The molecule has 1 heterocycles. The fraction of sp³-hybridized carbons (Fsp3) is 0.533. The first kappa shape index (κ1) is 15.4. The summed E-state index contributed by atoms with van der Waals surface area (Å²) < 4.78 is 24.5. The Bertz CT molecular complexity index is 484. The van der Waals surface area contributed by atoms with Gasteiger partial charge in [-0.05, 0) is 31.9 Å². The molecular weight excluding hydrogens is 327 g/mol. The van der Waals surface area contributed by atoms with Gasteiger partial charge in [-0.15, -0.1) is 0 Å². The van der Waals surface area contributed by atoms with Gasteiger partial charge in [0.15, 0.2) is 5.78 Å². The third-order valence-electron chi connectivity index (χ3n) is 3.69. The Morgan fingerprint density at radius 3 is 2.75 bits per heavy atom. The van der Waals surface area contributed by atoms with Crippen molar-refractivity contribution in [3.05, 3.63) is 29.6 Å². The zero-order chi connectivity index (χ0) is 14.6. The number of ketones is 1. The second kappa shape index (κ2) is 6.68. The lowest BCUT2D eigenvalue weighted by atomic mass is 9.83. The molecule has 1 aromatic rings. The highest BCUT2D eigenvalue weighted by Crippen LogP contribution is 2.34. The van der Waals surface area contributed by atoms with Gasteiger partial charge in [0, 0.05) is 30.0 Å². The highest BCUT2D eigenvalue weighted by Gasteiger charge is 2.32. The van der Waals surface area contributed by atoms with E-state index in [1.807, 2.05) is 0 Å². The molecule has 3 nitrogen and oxygen atoms in total. The Hall–Kier alpha value is -0.940. The van der Waals surface area contributed by atoms with Crippen molar-refractivity contribution >= 4 is 21.7 Å². The van der Waals surface area contributed by atoms with Crippen LogP contribution >= 0.6 is 15.9 Å². The number of hydrogen-bond donors (Lipinski definition) is 0. The first-order valence-corrected chi connectivity index (χ1v) is 7.75. The number of carbonyl (C=O) groups is 1. The van der Waals surface area contributed by atoms with Crippen LogP contribution in [0.3, 0.4) is 0 Å². The van der Waals surface area contributed by atoms with E-state index in [2.05, 4.69) is 15.9 Å². The smallest absolute Gasteiger partial charge is 0.163 e. The van der Waals surface area contributed by atoms with E-state index in [9.17, 15) is 9.18 Å². The van der Waals surface area contributed by atoms with E-state index in [0.717, 1.165) is 18.2 Å². The average Bonchev–Trinajstić information content (AvgIpc) is 2.46. The minimum absolute atomic E-state index is 0.0153. The maximum atomic E-state index is 13.3. The second-order valence-electron chi connectivity index (χ2n) is 5.23. The molecule has 0 aromatic heterocycles. The first-order valence-electron chi connectivity index (χ1n) is 6.63. The van der Waals surface area contributed by atoms with Gasteiger partial charge in [0.25, 0.3) is 0 Å². The zero-order valence-electron chi connectivity index (χ0n) is 11.5. The monoisotopic (exact) mass is 344 g/mol. The van der Waals surface area contributed by atoms with Crippen LogP contribution in [0.2, 0.25) is 0 Å². The Kier molecular flexibility index (Phi) is 5.16. The summed E-state index contributed by atoms with van der Waals surface area (Å²) in [6.07, 6.45) is 1.78. The molecule has 1 fully saturated rings. The lowest BCUT2D eigenvalue weighted by Crippen LogP contribution is -2.36. The number of alkyl halides is 1. The molecule has 0 radical (unpaired) electrons. The van der Waals surface area contributed by atoms with Gasteiger partial charge in [-0.1, -0.05) is 15.9 Å². The van der Waals surface area contributed by atoms with Crippen molar-refractivity contribution in [3.63, 3.8) is 0 Å². The molecule has 0 unspecified atom stereocenters. The molecule has 0 amide bonds. The Balaban J connectivity index is 2.13. The molecule has 0 saturated carbocycles. The van der Waals surface area contributed by atoms with Gasteiger partial charge in [0.2, 0.25) is 0 Å². The van der Waals surface area contributed by atoms with Crippen molar-refractivity contribution in [1.82, 2.24) is 0 Å². The van der Waals surface area contributed by atoms with Crippen LogP contribution in [0.15, 0.2) is 18.2 Å². The molecule has 1 aliphatic heterocycles. The molecule has 20 heavy (non-hydrogen) atoms. The summed E-state index contributed by atoms with van der Waals surface area (Å²) in [4.78, 5) is 11.5. The summed E-state index contributed by atoms with van der Waals surface area (Å²) in [7, 11) is 0. The van der Waals surface area contributed by atoms with Gasteiger partial charge >= 0.3 is 0 Å². The third kappa shape index (κ3) is 3.58. The molecule has 110 valence electrons. The zero-order valence-corrected chi connectivity index (χ0v) is 13.0. The number of halogens is 2. The van der Waals surface area contributed by atoms with Crippen molar-refractivity contribution in [1.29, 1.82) is 0 Å². The largest absolute Gasteiger partial charge is 0.492 e. The average molecular weight is 345 g/mol. The van der Waals surface area contributed by atoms with Crippen LogP contribution in [0, 0.1) is 11.2 Å². The number of ether oxygens (including phenoxy) is 2. The predicted octanol–water partition coefficient (Wildman–Crippen LogP) is 3.60. The van der Waals surface area contributed by atoms with Crippen LogP contribution in [-0.4, -0.2) is 30.9 Å². The Labute approximate surface area is 126 Å². The second-order valence-corrected chi connectivity index (χ2v) is 5.79. The number of Topliss-reactive ketones (excluding diaryl/α,β-unsaturated/α-hetero) is 1. The molecule has 5 heteroatoms. The molecule has 1 aliphatic rings. The van der Waals surface area contributed by atoms with Crippen molar-refractivity contribution in [2.45, 2.75) is 19.8 Å². The highest BCUT2D eigenvalue weighted by molar-refractivity contribution is 9.09. The molecule has 0 aliphatic carbocycles. The fourth-order valence-electron chi connectivity index (χ4n) is 2.26. The Morgan fingerprint density at radius 2 is 2.15 bits per heavy atom. The van der Waals surface area contributed by atoms with Crippen LogP contribution in [0.1, 0.15) is 30.1 Å². The molecule has 0 N–H and O–H groups in total. The number of benzene rings is 1. The van der Waals surface area contributed by atoms with Crippen LogP contribution in [0.25, 0.3) is 0 Å². The summed E-state index contributed by atoms with van der Waals surface area (Å²) in [6.45, 7) is 3.31. The SMILES string of the molecule is CC(=O)c1ccc(F)cc1OCC1(CBr)CCOCC1. The maximum Gasteiger partial charge on any atom is 0.163 e. The minimum Gasteiger partial charge on any atom is -0.492 e. The first-order chi connectivity index (χ1) is 9.56. The Morgan fingerprint density at radius 1 is 1.45 bits per heavy atom. The van der Waals surface area contributed by atoms with E-state index in [-0.39, 0.29) is 11.2 Å². The van der Waals surface area contributed by atoms with E-state index < -0.39 is 5.82 Å². The highest BCUT2D eigenvalue weighted by atomic mass is 79.9. The van der Waals surface area contributed by atoms with Gasteiger partial charge < -0.3 is 9.47 Å². The minimum atomic E-state index is -0.398. The topological polar surface area (TPSA) is 35.5 Å². The van der Waals surface area contributed by atoms with Gasteiger partial charge in [-0.25, -0.2) is 4.39 Å². The molecule has 1 saturated heterocycles. The van der Waals surface area contributed by atoms with Gasteiger partial charge in [0.05, 0.1) is 12.2 Å². The molecule has 0 bridgehead atoms. The predicted molar refractivity (Wildman–Crippen MR) is 78.2 cm³/mol. The van der Waals surface area contributed by atoms with Crippen molar-refractivity contribution < 1.29 is 18.7 Å². The van der Waals surface area contributed by atoms with Crippen molar-refractivity contribution in [2.75, 3.05) is 25.2 Å². The van der Waals surface area contributed by atoms with Gasteiger partial charge in [-0.2, -0.15) is 0 Å². The number of hydrogen-bond acceptors (Lipinski definition) is 3. The van der Waals surface area contributed by atoms with Gasteiger partial charge in [-0.3, -0.25) is 4.79 Å².